The zero-order valence-electron chi connectivity index (χ0n) is 12.7. The number of primary amides is 1. The summed E-state index contributed by atoms with van der Waals surface area (Å²) in [6.07, 6.45) is 0.579. The van der Waals surface area contributed by atoms with Crippen molar-refractivity contribution < 1.29 is 14.3 Å². The van der Waals surface area contributed by atoms with Gasteiger partial charge in [-0.2, -0.15) is 0 Å². The summed E-state index contributed by atoms with van der Waals surface area (Å²) in [5.41, 5.74) is 10.4. The van der Waals surface area contributed by atoms with Crippen LogP contribution in [0.4, 0.5) is 5.69 Å². The lowest BCUT2D eigenvalue weighted by Gasteiger charge is -2.27. The molecule has 1 saturated heterocycles. The van der Waals surface area contributed by atoms with Crippen molar-refractivity contribution >= 4 is 33.4 Å². The number of amides is 2. The Morgan fingerprint density at radius 3 is 2.92 bits per heavy atom. The molecule has 2 amide bonds. The number of morpholine rings is 1. The van der Waals surface area contributed by atoms with Gasteiger partial charge in [0.15, 0.2) is 0 Å². The number of halogens is 1. The molecular weight excluding hydrogens is 374 g/mol. The molecule has 0 radical (unpaired) electrons. The Labute approximate surface area is 146 Å². The lowest BCUT2D eigenvalue weighted by molar-refractivity contribution is -0.125. The van der Waals surface area contributed by atoms with Crippen LogP contribution < -0.4 is 10.6 Å². The highest BCUT2D eigenvalue weighted by Crippen LogP contribution is 2.39. The maximum atomic E-state index is 12.0. The number of carbonyl (C=O) groups is 2. The van der Waals surface area contributed by atoms with Gasteiger partial charge in [-0.15, -0.1) is 0 Å². The summed E-state index contributed by atoms with van der Waals surface area (Å²) in [6, 6.07) is 7.49. The lowest BCUT2D eigenvalue weighted by Crippen LogP contribution is -2.41. The molecule has 1 aromatic carbocycles. The minimum absolute atomic E-state index is 0.0459. The van der Waals surface area contributed by atoms with E-state index < -0.39 is 5.91 Å². The minimum atomic E-state index is -0.467. The number of ether oxygens (including phenoxy) is 1. The number of hydrogen-bond acceptors (Lipinski definition) is 4. The highest BCUT2D eigenvalue weighted by atomic mass is 79.9. The van der Waals surface area contributed by atoms with E-state index in [1.165, 1.54) is 0 Å². The fourth-order valence-electron chi connectivity index (χ4n) is 3.27. The lowest BCUT2D eigenvalue weighted by atomic mass is 10.1. The predicted molar refractivity (Wildman–Crippen MR) is 91.9 cm³/mol. The largest absolute Gasteiger partial charge is 0.370 e. The molecule has 122 valence electrons. The van der Waals surface area contributed by atoms with Crippen LogP contribution in [0.5, 0.6) is 0 Å². The number of rotatable bonds is 2. The summed E-state index contributed by atoms with van der Waals surface area (Å²) < 4.78 is 5.75. The minimum Gasteiger partial charge on any atom is -0.370 e. The molecular formula is C17H14BrN3O3. The number of nitrogens with zero attached hydrogens (tertiary/aromatic N) is 2. The van der Waals surface area contributed by atoms with E-state index in [-0.39, 0.29) is 12.5 Å². The van der Waals surface area contributed by atoms with Crippen LogP contribution in [0.25, 0.3) is 11.3 Å². The summed E-state index contributed by atoms with van der Waals surface area (Å²) in [5, 5.41) is 0. The van der Waals surface area contributed by atoms with Crippen molar-refractivity contribution in [2.24, 2.45) is 5.73 Å². The number of benzene rings is 1. The fraction of sp³-hybridized carbons (Fsp3) is 0.235. The van der Waals surface area contributed by atoms with E-state index in [2.05, 4.69) is 20.9 Å². The topological polar surface area (TPSA) is 85.5 Å². The number of pyridine rings is 1. The molecule has 0 saturated carbocycles. The van der Waals surface area contributed by atoms with Crippen LogP contribution >= 0.6 is 15.9 Å². The molecule has 1 aliphatic heterocycles. The van der Waals surface area contributed by atoms with Crippen molar-refractivity contribution in [1.29, 1.82) is 0 Å². The first kappa shape index (κ1) is 15.3. The zero-order chi connectivity index (χ0) is 16.8. The molecule has 2 N–H and O–H groups in total. The number of aromatic nitrogens is 1. The number of hydrogen-bond donors (Lipinski definition) is 1. The number of carbonyl (C=O) groups excluding carboxylic acids is 2. The third-order valence-corrected chi connectivity index (χ3v) is 4.77. The van der Waals surface area contributed by atoms with E-state index in [0.717, 1.165) is 28.1 Å². The Hall–Kier alpha value is -2.25. The predicted octanol–water partition coefficient (Wildman–Crippen LogP) is 1.88. The Bertz CT molecular complexity index is 882. The third-order valence-electron chi connectivity index (χ3n) is 4.37. The van der Waals surface area contributed by atoms with Crippen LogP contribution in [0, 0.1) is 0 Å². The average Bonchev–Trinajstić information content (AvgIpc) is 2.92. The molecule has 0 unspecified atom stereocenters. The molecule has 1 fully saturated rings. The third kappa shape index (κ3) is 2.40. The second-order valence-electron chi connectivity index (χ2n) is 5.80. The highest BCUT2D eigenvalue weighted by molar-refractivity contribution is 9.10. The van der Waals surface area contributed by atoms with Crippen molar-refractivity contribution in [2.75, 3.05) is 24.7 Å². The molecule has 2 aromatic rings. The Morgan fingerprint density at radius 1 is 1.33 bits per heavy atom. The van der Waals surface area contributed by atoms with Gasteiger partial charge in [-0.3, -0.25) is 9.59 Å². The van der Waals surface area contributed by atoms with Crippen LogP contribution in [-0.4, -0.2) is 36.6 Å². The van der Waals surface area contributed by atoms with Gasteiger partial charge >= 0.3 is 0 Å². The number of anilines is 1. The first-order valence-corrected chi connectivity index (χ1v) is 8.34. The second-order valence-corrected chi connectivity index (χ2v) is 6.61. The van der Waals surface area contributed by atoms with Gasteiger partial charge in [-0.05, 0) is 45.3 Å². The second kappa shape index (κ2) is 5.68. The average molecular weight is 388 g/mol. The molecule has 0 spiro atoms. The van der Waals surface area contributed by atoms with Gasteiger partial charge < -0.3 is 15.4 Å². The number of nitrogens with two attached hydrogens (primary N) is 1. The standard InChI is InChI=1S/C17H14BrN3O3/c18-14-7-13(17(19)23)12-6-9-5-10(1-2-11(9)16(12)20-14)21-3-4-24-8-15(21)22/h1-2,5,7H,3-4,6,8H2,(H2,19,23). The van der Waals surface area contributed by atoms with E-state index in [1.54, 1.807) is 11.0 Å². The van der Waals surface area contributed by atoms with Gasteiger partial charge in [-0.1, -0.05) is 6.07 Å². The zero-order valence-corrected chi connectivity index (χ0v) is 14.3. The highest BCUT2D eigenvalue weighted by Gasteiger charge is 2.27. The molecule has 0 atom stereocenters. The molecule has 1 aliphatic carbocycles. The molecule has 2 heterocycles. The fourth-order valence-corrected chi connectivity index (χ4v) is 3.67. The Kier molecular flexibility index (Phi) is 3.62. The molecule has 4 rings (SSSR count). The summed E-state index contributed by atoms with van der Waals surface area (Å²) in [5.74, 6) is -0.513. The van der Waals surface area contributed by atoms with Gasteiger partial charge in [0.25, 0.3) is 5.91 Å². The van der Waals surface area contributed by atoms with E-state index in [0.29, 0.717) is 29.7 Å². The molecule has 24 heavy (non-hydrogen) atoms. The van der Waals surface area contributed by atoms with Crippen LogP contribution in [0.3, 0.4) is 0 Å². The van der Waals surface area contributed by atoms with Gasteiger partial charge in [0.1, 0.15) is 11.2 Å². The molecule has 7 heteroatoms. The molecule has 6 nitrogen and oxygen atoms in total. The molecule has 1 aromatic heterocycles. The van der Waals surface area contributed by atoms with Crippen molar-refractivity contribution in [1.82, 2.24) is 4.98 Å². The summed E-state index contributed by atoms with van der Waals surface area (Å²) in [7, 11) is 0. The van der Waals surface area contributed by atoms with Crippen molar-refractivity contribution in [3.05, 3.63) is 45.6 Å². The van der Waals surface area contributed by atoms with Crippen LogP contribution in [0.1, 0.15) is 21.5 Å². The van der Waals surface area contributed by atoms with Crippen molar-refractivity contribution in [3.63, 3.8) is 0 Å². The van der Waals surface area contributed by atoms with Crippen molar-refractivity contribution in [2.45, 2.75) is 6.42 Å². The first-order chi connectivity index (χ1) is 11.5. The van der Waals surface area contributed by atoms with Crippen LogP contribution in [0.15, 0.2) is 28.9 Å². The summed E-state index contributed by atoms with van der Waals surface area (Å²) in [6.45, 7) is 1.18. The normalized spacial score (nSPS) is 16.0. The quantitative estimate of drug-likeness (QED) is 0.680. The van der Waals surface area contributed by atoms with Gasteiger partial charge in [0, 0.05) is 29.8 Å². The summed E-state index contributed by atoms with van der Waals surface area (Å²) in [4.78, 5) is 30.0. The van der Waals surface area contributed by atoms with E-state index in [1.807, 2.05) is 18.2 Å². The summed E-state index contributed by atoms with van der Waals surface area (Å²) >= 11 is 3.34. The molecule has 2 aliphatic rings. The Morgan fingerprint density at radius 2 is 2.17 bits per heavy atom. The first-order valence-electron chi connectivity index (χ1n) is 7.55. The monoisotopic (exact) mass is 387 g/mol. The Balaban J connectivity index is 1.78. The molecule has 0 bridgehead atoms. The van der Waals surface area contributed by atoms with Crippen LogP contribution in [0.2, 0.25) is 0 Å². The van der Waals surface area contributed by atoms with E-state index in [9.17, 15) is 9.59 Å². The number of fused-ring (bicyclic) bond motifs is 3. The van der Waals surface area contributed by atoms with Crippen molar-refractivity contribution in [3.8, 4) is 11.3 Å². The maximum Gasteiger partial charge on any atom is 0.253 e. The van der Waals surface area contributed by atoms with Gasteiger partial charge in [0.2, 0.25) is 5.91 Å². The SMILES string of the molecule is NC(=O)c1cc(Br)nc2c1Cc1cc(N3CCOCC3=O)ccc1-2. The van der Waals surface area contributed by atoms with E-state index >= 15 is 0 Å². The van der Waals surface area contributed by atoms with Crippen LogP contribution in [-0.2, 0) is 16.0 Å². The van der Waals surface area contributed by atoms with Gasteiger partial charge in [0.05, 0.1) is 12.3 Å². The smallest absolute Gasteiger partial charge is 0.253 e. The van der Waals surface area contributed by atoms with E-state index in [4.69, 9.17) is 10.5 Å². The maximum absolute atomic E-state index is 12.0. The van der Waals surface area contributed by atoms with Gasteiger partial charge in [-0.25, -0.2) is 4.98 Å².